The monoisotopic (exact) mass is 285 g/mol. The van der Waals surface area contributed by atoms with Crippen molar-refractivity contribution >= 4 is 24.3 Å². The van der Waals surface area contributed by atoms with Crippen molar-refractivity contribution in [1.82, 2.24) is 15.0 Å². The molecule has 3 rings (SSSR count). The van der Waals surface area contributed by atoms with Gasteiger partial charge in [0.05, 0.1) is 17.1 Å². The van der Waals surface area contributed by atoms with E-state index in [0.717, 1.165) is 22.6 Å². The molecule has 0 radical (unpaired) electrons. The molecular weight excluding hydrogens is 270 g/mol. The van der Waals surface area contributed by atoms with E-state index in [-0.39, 0.29) is 0 Å². The summed E-state index contributed by atoms with van der Waals surface area (Å²) >= 11 is 0. The van der Waals surface area contributed by atoms with Crippen molar-refractivity contribution in [2.45, 2.75) is 0 Å². The maximum absolute atomic E-state index is 4.42. The Balaban J connectivity index is 1.84. The quantitative estimate of drug-likeness (QED) is 0.720. The van der Waals surface area contributed by atoms with Crippen LogP contribution in [0.15, 0.2) is 67.1 Å². The van der Waals surface area contributed by atoms with Gasteiger partial charge in [-0.3, -0.25) is 15.0 Å². The van der Waals surface area contributed by atoms with Gasteiger partial charge in [0, 0.05) is 24.2 Å². The second-order valence-corrected chi connectivity index (χ2v) is 4.65. The molecule has 0 saturated carbocycles. The number of hydrogen-bond donors (Lipinski definition) is 0. The first-order chi connectivity index (χ1) is 10.9. The van der Waals surface area contributed by atoms with Crippen LogP contribution >= 0.6 is 0 Å². The van der Waals surface area contributed by atoms with Crippen LogP contribution in [0.5, 0.6) is 0 Å². The molecular formula is C19H15N3. The van der Waals surface area contributed by atoms with Gasteiger partial charge >= 0.3 is 0 Å². The van der Waals surface area contributed by atoms with Gasteiger partial charge in [0.1, 0.15) is 0 Å². The zero-order valence-electron chi connectivity index (χ0n) is 12.0. The van der Waals surface area contributed by atoms with Crippen LogP contribution in [0.2, 0.25) is 0 Å². The first-order valence-electron chi connectivity index (χ1n) is 7.05. The summed E-state index contributed by atoms with van der Waals surface area (Å²) in [4.78, 5) is 13.0. The zero-order valence-corrected chi connectivity index (χ0v) is 12.0. The minimum atomic E-state index is 0.903. The molecule has 0 aliphatic heterocycles. The van der Waals surface area contributed by atoms with Gasteiger partial charge in [0.2, 0.25) is 0 Å². The summed E-state index contributed by atoms with van der Waals surface area (Å²) < 4.78 is 0. The van der Waals surface area contributed by atoms with Crippen molar-refractivity contribution in [1.29, 1.82) is 0 Å². The Hall–Kier alpha value is -3.07. The van der Waals surface area contributed by atoms with Crippen LogP contribution in [-0.2, 0) is 0 Å². The molecule has 0 aliphatic carbocycles. The normalized spacial score (nSPS) is 11.3. The Labute approximate surface area is 129 Å². The van der Waals surface area contributed by atoms with E-state index in [1.807, 2.05) is 72.8 Å². The predicted molar refractivity (Wildman–Crippen MR) is 90.6 cm³/mol. The van der Waals surface area contributed by atoms with Gasteiger partial charge in [-0.2, -0.15) is 0 Å². The van der Waals surface area contributed by atoms with Gasteiger partial charge in [0.25, 0.3) is 0 Å². The maximum atomic E-state index is 4.42. The smallest absolute Gasteiger partial charge is 0.0702 e. The number of aromatic nitrogens is 3. The molecule has 0 spiro atoms. The van der Waals surface area contributed by atoms with Gasteiger partial charge in [-0.15, -0.1) is 0 Å². The van der Waals surface area contributed by atoms with E-state index >= 15 is 0 Å². The van der Waals surface area contributed by atoms with Gasteiger partial charge in [0.15, 0.2) is 0 Å². The van der Waals surface area contributed by atoms with E-state index in [4.69, 9.17) is 0 Å². The second kappa shape index (κ2) is 7.09. The highest BCUT2D eigenvalue weighted by molar-refractivity contribution is 5.76. The van der Waals surface area contributed by atoms with E-state index < -0.39 is 0 Å². The summed E-state index contributed by atoms with van der Waals surface area (Å²) in [5.74, 6) is 0. The maximum Gasteiger partial charge on any atom is 0.0702 e. The lowest BCUT2D eigenvalue weighted by Gasteiger charge is -1.99. The fourth-order valence-electron chi connectivity index (χ4n) is 2.00. The third kappa shape index (κ3) is 3.73. The summed E-state index contributed by atoms with van der Waals surface area (Å²) in [5, 5.41) is 0. The van der Waals surface area contributed by atoms with Crippen LogP contribution in [0, 0.1) is 0 Å². The van der Waals surface area contributed by atoms with Crippen molar-refractivity contribution in [2.24, 2.45) is 0 Å². The first kappa shape index (κ1) is 13.9. The Morgan fingerprint density at radius 1 is 0.545 bits per heavy atom. The van der Waals surface area contributed by atoms with Crippen molar-refractivity contribution in [2.75, 3.05) is 0 Å². The molecule has 106 valence electrons. The molecule has 0 atom stereocenters. The van der Waals surface area contributed by atoms with Crippen LogP contribution in [-0.4, -0.2) is 15.0 Å². The highest BCUT2D eigenvalue weighted by atomic mass is 14.7. The van der Waals surface area contributed by atoms with Gasteiger partial charge in [-0.1, -0.05) is 24.3 Å². The molecule has 3 nitrogen and oxygen atoms in total. The number of rotatable bonds is 4. The lowest BCUT2D eigenvalue weighted by molar-refractivity contribution is 1.27. The van der Waals surface area contributed by atoms with Crippen molar-refractivity contribution in [3.05, 3.63) is 89.8 Å². The average Bonchev–Trinajstić information content (AvgIpc) is 2.61. The first-order valence-corrected chi connectivity index (χ1v) is 7.05. The third-order valence-corrected chi connectivity index (χ3v) is 3.09. The van der Waals surface area contributed by atoms with Crippen LogP contribution in [0.4, 0.5) is 0 Å². The summed E-state index contributed by atoms with van der Waals surface area (Å²) in [6.07, 6.45) is 13.3. The fourth-order valence-corrected chi connectivity index (χ4v) is 2.00. The minimum Gasteiger partial charge on any atom is -0.257 e. The molecule has 0 aromatic carbocycles. The molecule has 3 aromatic rings. The Morgan fingerprint density at radius 2 is 1.18 bits per heavy atom. The summed E-state index contributed by atoms with van der Waals surface area (Å²) in [6.45, 7) is 0. The molecule has 0 bridgehead atoms. The third-order valence-electron chi connectivity index (χ3n) is 3.09. The van der Waals surface area contributed by atoms with E-state index in [2.05, 4.69) is 15.0 Å². The van der Waals surface area contributed by atoms with Crippen LogP contribution in [0.3, 0.4) is 0 Å². The van der Waals surface area contributed by atoms with Crippen LogP contribution in [0.25, 0.3) is 24.3 Å². The van der Waals surface area contributed by atoms with E-state index in [1.165, 1.54) is 0 Å². The van der Waals surface area contributed by atoms with Gasteiger partial charge in [-0.25, -0.2) is 0 Å². The molecule has 3 heterocycles. The zero-order chi connectivity index (χ0) is 15.0. The van der Waals surface area contributed by atoms with E-state index in [1.54, 1.807) is 18.6 Å². The second-order valence-electron chi connectivity index (χ2n) is 4.65. The summed E-state index contributed by atoms with van der Waals surface area (Å²) in [7, 11) is 0. The summed E-state index contributed by atoms with van der Waals surface area (Å²) in [6, 6.07) is 15.6. The Bertz CT molecular complexity index is 710. The number of nitrogens with zero attached hydrogens (tertiary/aromatic N) is 3. The van der Waals surface area contributed by atoms with E-state index in [9.17, 15) is 0 Å². The standard InChI is InChI=1S/C19H15N3/c1-3-13-20-17(7-1)10-9-16-6-5-15-22-19(16)12-11-18-8-2-4-14-21-18/h1-15H. The number of hydrogen-bond acceptors (Lipinski definition) is 3. The largest absolute Gasteiger partial charge is 0.257 e. The average molecular weight is 285 g/mol. The molecule has 0 fully saturated rings. The highest BCUT2D eigenvalue weighted by Gasteiger charge is 1.97. The van der Waals surface area contributed by atoms with Crippen LogP contribution in [0.1, 0.15) is 22.6 Å². The van der Waals surface area contributed by atoms with Crippen molar-refractivity contribution in [3.8, 4) is 0 Å². The van der Waals surface area contributed by atoms with Crippen molar-refractivity contribution < 1.29 is 0 Å². The lowest BCUT2D eigenvalue weighted by Crippen LogP contribution is -1.86. The SMILES string of the molecule is C(=Cc1cccnc1C=Cc1ccccn1)c1ccccn1. The fraction of sp³-hybridized carbons (Fsp3) is 0. The lowest BCUT2D eigenvalue weighted by atomic mass is 10.1. The van der Waals surface area contributed by atoms with Gasteiger partial charge < -0.3 is 0 Å². The molecule has 0 amide bonds. The molecule has 22 heavy (non-hydrogen) atoms. The van der Waals surface area contributed by atoms with Gasteiger partial charge in [-0.05, 0) is 48.6 Å². The number of pyridine rings is 3. The molecule has 3 aromatic heterocycles. The summed E-state index contributed by atoms with van der Waals surface area (Å²) in [5.41, 5.74) is 3.78. The molecule has 0 unspecified atom stereocenters. The molecule has 3 heteroatoms. The van der Waals surface area contributed by atoms with Crippen LogP contribution < -0.4 is 0 Å². The van der Waals surface area contributed by atoms with Crippen molar-refractivity contribution in [3.63, 3.8) is 0 Å². The minimum absolute atomic E-state index is 0.903. The highest BCUT2D eigenvalue weighted by Crippen LogP contribution is 2.13. The van der Waals surface area contributed by atoms with E-state index in [0.29, 0.717) is 0 Å². The Morgan fingerprint density at radius 3 is 1.82 bits per heavy atom. The predicted octanol–water partition coefficient (Wildman–Crippen LogP) is 4.21. The topological polar surface area (TPSA) is 38.7 Å². The molecule has 0 N–H and O–H groups in total. The Kier molecular flexibility index (Phi) is 4.47. The molecule has 0 saturated heterocycles. The molecule has 0 aliphatic rings.